The number of carbonyl (C=O) groups is 1. The molecule has 352 valence electrons. The van der Waals surface area contributed by atoms with E-state index >= 15 is 0 Å². The number of aromatic nitrogens is 3. The molecule has 0 spiro atoms. The van der Waals surface area contributed by atoms with E-state index in [-0.39, 0.29) is 12.6 Å². The molecule has 2 fully saturated rings. The van der Waals surface area contributed by atoms with Crippen molar-refractivity contribution in [2.24, 2.45) is 7.05 Å². The normalized spacial score (nSPS) is 15.9. The van der Waals surface area contributed by atoms with Crippen LogP contribution in [0, 0.1) is 6.92 Å². The molecule has 2 aromatic heterocycles. The van der Waals surface area contributed by atoms with Crippen molar-refractivity contribution in [3.63, 3.8) is 0 Å². The molecule has 14 nitrogen and oxygen atoms in total. The number of likely N-dealkylation sites (N-methyl/N-ethyl adjacent to an activating group) is 1. The van der Waals surface area contributed by atoms with Crippen LogP contribution in [0.2, 0.25) is 0 Å². The Labute approximate surface area is 390 Å². The second-order valence-corrected chi connectivity index (χ2v) is 20.9. The quantitative estimate of drug-likeness (QED) is 0.0728. The number of carbonyl (C=O) groups excluding carboxylic acids is 1. The van der Waals surface area contributed by atoms with E-state index < -0.39 is 15.8 Å². The smallest absolute Gasteiger partial charge is 0.355 e. The summed E-state index contributed by atoms with van der Waals surface area (Å²) in [4.78, 5) is 21.7. The summed E-state index contributed by atoms with van der Waals surface area (Å²) in [6.45, 7) is 15.9. The molecular formula is C51H66N8O6S. The molecule has 0 radical (unpaired) electrons. The largest absolute Gasteiger partial charge is 0.493 e. The molecule has 0 bridgehead atoms. The molecule has 4 heterocycles. The summed E-state index contributed by atoms with van der Waals surface area (Å²) < 4.78 is 51.5. The van der Waals surface area contributed by atoms with Gasteiger partial charge < -0.3 is 28.6 Å². The molecule has 15 heteroatoms. The monoisotopic (exact) mass is 918 g/mol. The molecule has 0 aliphatic carbocycles. The number of hydrogen-bond donors (Lipinski definition) is 0. The number of esters is 1. The predicted molar refractivity (Wildman–Crippen MR) is 263 cm³/mol. The highest BCUT2D eigenvalue weighted by Gasteiger charge is 2.31. The van der Waals surface area contributed by atoms with Crippen molar-refractivity contribution in [1.29, 1.82) is 0 Å². The summed E-state index contributed by atoms with van der Waals surface area (Å²) in [6.07, 6.45) is 1.31. The summed E-state index contributed by atoms with van der Waals surface area (Å²) in [7, 11) is 3.81. The van der Waals surface area contributed by atoms with Crippen LogP contribution in [0.1, 0.15) is 54.6 Å². The maximum absolute atomic E-state index is 14.7. The van der Waals surface area contributed by atoms with Gasteiger partial charge in [-0.25, -0.2) is 4.79 Å². The summed E-state index contributed by atoms with van der Waals surface area (Å²) in [5.74, 6) is 1.23. The van der Waals surface area contributed by atoms with Crippen LogP contribution >= 0.6 is 0 Å². The van der Waals surface area contributed by atoms with Gasteiger partial charge in [0.25, 0.3) is 10.2 Å². The van der Waals surface area contributed by atoms with E-state index in [1.54, 1.807) is 14.1 Å². The van der Waals surface area contributed by atoms with Crippen molar-refractivity contribution in [2.75, 3.05) is 91.6 Å². The standard InChI is InChI=1S/C51H66N8O6S/c1-37-47(45(55(8)52-37)36-64-40-23-21-39(22-24-40)57-30-32-58(33-31-57)66(61,62)53(5)6)44-18-12-17-42-43(19-13-35-63-46-20-11-15-38-14-9-10-16-41(38)46)49(50(60)65-51(2,3)4)59(48(42)44)34-29-56-27-25-54(7)26-28-56/h9-12,14-18,20-24H,13,19,25-36H2,1-8H3. The van der Waals surface area contributed by atoms with Crippen LogP contribution in [0.25, 0.3) is 32.8 Å². The average Bonchev–Trinajstić information content (AvgIpc) is 3.77. The highest BCUT2D eigenvalue weighted by Crippen LogP contribution is 2.39. The Kier molecular flexibility index (Phi) is 14.1. The van der Waals surface area contributed by atoms with Gasteiger partial charge in [0, 0.05) is 114 Å². The van der Waals surface area contributed by atoms with Crippen LogP contribution in [-0.4, -0.2) is 139 Å². The van der Waals surface area contributed by atoms with Crippen LogP contribution < -0.4 is 14.4 Å². The Hall–Kier alpha value is -5.45. The number of piperazine rings is 2. The SMILES string of the molecule is Cc1nn(C)c(COc2ccc(N3CCN(S(=O)(=O)N(C)C)CC3)cc2)c1-c1cccc2c(CCCOc3cccc4ccccc34)c(C(=O)OC(C)(C)C)n(CCN3CCN(C)CC3)c12. The van der Waals surface area contributed by atoms with E-state index in [0.717, 1.165) is 93.9 Å². The van der Waals surface area contributed by atoms with Gasteiger partial charge in [0.15, 0.2) is 0 Å². The third kappa shape index (κ3) is 10.2. The third-order valence-electron chi connectivity index (χ3n) is 12.8. The van der Waals surface area contributed by atoms with Gasteiger partial charge in [0.05, 0.1) is 23.5 Å². The van der Waals surface area contributed by atoms with Crippen molar-refractivity contribution in [2.45, 2.75) is 59.3 Å². The zero-order valence-electron chi connectivity index (χ0n) is 39.9. The summed E-state index contributed by atoms with van der Waals surface area (Å²) in [6, 6.07) is 28.8. The molecule has 0 saturated carbocycles. The highest BCUT2D eigenvalue weighted by molar-refractivity contribution is 7.86. The topological polar surface area (TPSA) is 118 Å². The van der Waals surface area contributed by atoms with Crippen molar-refractivity contribution >= 4 is 43.5 Å². The zero-order chi connectivity index (χ0) is 46.8. The Morgan fingerprint density at radius 3 is 2.18 bits per heavy atom. The Morgan fingerprint density at radius 2 is 1.47 bits per heavy atom. The van der Waals surface area contributed by atoms with E-state index in [0.29, 0.717) is 63.6 Å². The molecule has 8 rings (SSSR count). The number of anilines is 1. The maximum Gasteiger partial charge on any atom is 0.355 e. The molecule has 0 atom stereocenters. The van der Waals surface area contributed by atoms with E-state index in [1.807, 2.05) is 88.0 Å². The van der Waals surface area contributed by atoms with Gasteiger partial charge >= 0.3 is 5.97 Å². The van der Waals surface area contributed by atoms with Crippen LogP contribution in [0.15, 0.2) is 84.9 Å². The minimum absolute atomic E-state index is 0.267. The molecular weight excluding hydrogens is 853 g/mol. The van der Waals surface area contributed by atoms with Crippen LogP contribution in [0.3, 0.4) is 0 Å². The Bertz CT molecular complexity index is 2760. The number of ether oxygens (including phenoxy) is 3. The number of para-hydroxylation sites is 1. The minimum atomic E-state index is -3.44. The Morgan fingerprint density at radius 1 is 0.788 bits per heavy atom. The van der Waals surface area contributed by atoms with Gasteiger partial charge in [-0.1, -0.05) is 54.6 Å². The van der Waals surface area contributed by atoms with Gasteiger partial charge in [-0.2, -0.15) is 22.1 Å². The van der Waals surface area contributed by atoms with Gasteiger partial charge in [-0.05, 0) is 88.9 Å². The number of fused-ring (bicyclic) bond motifs is 2. The van der Waals surface area contributed by atoms with E-state index in [9.17, 15) is 13.2 Å². The zero-order valence-corrected chi connectivity index (χ0v) is 40.7. The lowest BCUT2D eigenvalue weighted by Crippen LogP contribution is -2.51. The fourth-order valence-corrected chi connectivity index (χ4v) is 10.4. The lowest BCUT2D eigenvalue weighted by Gasteiger charge is -2.36. The number of benzene rings is 4. The van der Waals surface area contributed by atoms with Gasteiger partial charge in [0.2, 0.25) is 0 Å². The van der Waals surface area contributed by atoms with E-state index in [1.165, 1.54) is 8.61 Å². The first-order valence-corrected chi connectivity index (χ1v) is 24.6. The van der Waals surface area contributed by atoms with E-state index in [4.69, 9.17) is 19.3 Å². The van der Waals surface area contributed by atoms with Crippen molar-refractivity contribution in [1.82, 2.24) is 32.8 Å². The molecule has 4 aromatic carbocycles. The molecule has 0 unspecified atom stereocenters. The fourth-order valence-electron chi connectivity index (χ4n) is 9.32. The van der Waals surface area contributed by atoms with Crippen LogP contribution in [-0.2, 0) is 41.6 Å². The molecule has 0 amide bonds. The number of hydrogen-bond acceptors (Lipinski definition) is 10. The molecule has 2 aliphatic rings. The van der Waals surface area contributed by atoms with Gasteiger partial charge in [0.1, 0.15) is 29.4 Å². The third-order valence-corrected chi connectivity index (χ3v) is 14.7. The van der Waals surface area contributed by atoms with E-state index in [2.05, 4.69) is 62.7 Å². The lowest BCUT2D eigenvalue weighted by molar-refractivity contribution is 0.00559. The summed E-state index contributed by atoms with van der Waals surface area (Å²) >= 11 is 0. The second-order valence-electron chi connectivity index (χ2n) is 18.7. The molecule has 6 aromatic rings. The van der Waals surface area contributed by atoms with Gasteiger partial charge in [-0.15, -0.1) is 0 Å². The van der Waals surface area contributed by atoms with Crippen LogP contribution in [0.4, 0.5) is 5.69 Å². The van der Waals surface area contributed by atoms with Crippen molar-refractivity contribution in [3.8, 4) is 22.6 Å². The molecule has 66 heavy (non-hydrogen) atoms. The second kappa shape index (κ2) is 19.8. The fraction of sp³-hybridized carbons (Fsp3) is 0.451. The highest BCUT2D eigenvalue weighted by atomic mass is 32.2. The number of nitrogens with zero attached hydrogens (tertiary/aromatic N) is 8. The molecule has 2 saturated heterocycles. The number of rotatable bonds is 16. The molecule has 2 aliphatic heterocycles. The summed E-state index contributed by atoms with van der Waals surface area (Å²) in [5, 5.41) is 8.17. The number of aryl methyl sites for hydroxylation is 3. The minimum Gasteiger partial charge on any atom is -0.493 e. The predicted octanol–water partition coefficient (Wildman–Crippen LogP) is 7.23. The summed E-state index contributed by atoms with van der Waals surface area (Å²) in [5.41, 5.74) is 6.60. The van der Waals surface area contributed by atoms with Crippen LogP contribution in [0.5, 0.6) is 11.5 Å². The van der Waals surface area contributed by atoms with Crippen molar-refractivity contribution in [3.05, 3.63) is 108 Å². The average molecular weight is 919 g/mol. The van der Waals surface area contributed by atoms with Crippen molar-refractivity contribution < 1.29 is 27.4 Å². The molecule has 0 N–H and O–H groups in total. The first-order valence-electron chi connectivity index (χ1n) is 23.2. The maximum atomic E-state index is 14.7. The lowest BCUT2D eigenvalue weighted by atomic mass is 9.98. The Balaban J connectivity index is 1.11. The first kappa shape index (κ1) is 47.1. The first-order chi connectivity index (χ1) is 31.6. The van der Waals surface area contributed by atoms with Gasteiger partial charge in [-0.3, -0.25) is 9.58 Å².